The molecule has 2 saturated carbocycles. The molecule has 5 atom stereocenters. The number of carbonyl (C=O) groups is 4. The van der Waals surface area contributed by atoms with Crippen molar-refractivity contribution in [1.82, 2.24) is 0 Å². The Labute approximate surface area is 245 Å². The highest BCUT2D eigenvalue weighted by molar-refractivity contribution is 9.10. The lowest BCUT2D eigenvalue weighted by molar-refractivity contribution is -0.123. The fourth-order valence-corrected chi connectivity index (χ4v) is 7.35. The van der Waals surface area contributed by atoms with Crippen LogP contribution in [0, 0.1) is 30.6 Å². The number of ether oxygens (including phenoxy) is 1. The van der Waals surface area contributed by atoms with Gasteiger partial charge in [-0.3, -0.25) is 19.3 Å². The number of hydrogen-bond acceptors (Lipinski definition) is 5. The summed E-state index contributed by atoms with van der Waals surface area (Å²) in [6.45, 7) is 1.26. The average Bonchev–Trinajstić information content (AvgIpc) is 3.63. The number of esters is 1. The maximum Gasteiger partial charge on any atom is 0.338 e. The van der Waals surface area contributed by atoms with Crippen molar-refractivity contribution in [2.24, 2.45) is 23.7 Å². The summed E-state index contributed by atoms with van der Waals surface area (Å²) in [5.41, 5.74) is 2.90. The Morgan fingerprint density at radius 2 is 1.75 bits per heavy atom. The maximum absolute atomic E-state index is 13.6. The first-order valence-electron chi connectivity index (χ1n) is 13.2. The summed E-state index contributed by atoms with van der Waals surface area (Å²) >= 11 is 9.55. The maximum atomic E-state index is 13.6. The quantitative estimate of drug-likeness (QED) is 0.264. The number of imide groups is 1. The number of nitrogens with zero attached hydrogens (tertiary/aromatic N) is 1. The molecule has 0 spiro atoms. The van der Waals surface area contributed by atoms with E-state index in [2.05, 4.69) is 33.4 Å². The van der Waals surface area contributed by atoms with Crippen molar-refractivity contribution in [2.75, 3.05) is 16.8 Å². The molecular weight excluding hydrogens is 596 g/mol. The molecule has 3 amide bonds. The lowest BCUT2D eigenvalue weighted by Crippen LogP contribution is -2.33. The SMILES string of the molecule is Cc1c(NC(=O)COC(=O)c2cccc(N3C(=O)[C@@H]4[C@@H]5C[C@@H]([C@@H]4C3=O)[C@@H](c3ccccc3)C5)c2)ccc(Br)c1Cl. The molecule has 40 heavy (non-hydrogen) atoms. The Hall–Kier alpha value is -3.49. The van der Waals surface area contributed by atoms with E-state index < -0.39 is 18.5 Å². The minimum absolute atomic E-state index is 0.134. The van der Waals surface area contributed by atoms with E-state index >= 15 is 0 Å². The van der Waals surface area contributed by atoms with Crippen LogP contribution in [0.25, 0.3) is 0 Å². The Morgan fingerprint density at radius 1 is 1.00 bits per heavy atom. The van der Waals surface area contributed by atoms with Gasteiger partial charge in [0.25, 0.3) is 5.91 Å². The molecule has 3 fully saturated rings. The van der Waals surface area contributed by atoms with Gasteiger partial charge in [-0.15, -0.1) is 0 Å². The number of amides is 3. The van der Waals surface area contributed by atoms with Gasteiger partial charge in [-0.2, -0.15) is 0 Å². The van der Waals surface area contributed by atoms with Gasteiger partial charge in [0, 0.05) is 10.2 Å². The Kier molecular flexibility index (Phi) is 7.00. The van der Waals surface area contributed by atoms with Crippen LogP contribution in [0.4, 0.5) is 11.4 Å². The molecular formula is C31H26BrClN2O5. The van der Waals surface area contributed by atoms with E-state index in [0.29, 0.717) is 26.4 Å². The van der Waals surface area contributed by atoms with Crippen LogP contribution in [0.1, 0.15) is 40.2 Å². The molecule has 204 valence electrons. The lowest BCUT2D eigenvalue weighted by Gasteiger charge is -2.28. The fraction of sp³-hybridized carbons (Fsp3) is 0.290. The molecule has 1 N–H and O–H groups in total. The molecule has 7 nitrogen and oxygen atoms in total. The van der Waals surface area contributed by atoms with Crippen LogP contribution in [0.15, 0.2) is 71.2 Å². The Balaban J connectivity index is 1.13. The standard InChI is InChI=1S/C31H26BrClN2O5/c1-16-24(11-10-23(32)28(16)33)34-25(36)15-40-31(39)18-8-5-9-20(12-18)35-29(37)26-19-13-21(17-6-3-2-4-7-17)22(14-19)27(26)30(35)38/h2-12,19,21-22,26-27H,13-15H2,1H3,(H,34,36)/t19-,21+,22+,26+,27-/m0/s1. The second-order valence-corrected chi connectivity index (χ2v) is 11.9. The average molecular weight is 622 g/mol. The van der Waals surface area contributed by atoms with Gasteiger partial charge in [-0.05, 0) is 94.9 Å². The molecule has 6 rings (SSSR count). The minimum Gasteiger partial charge on any atom is -0.452 e. The van der Waals surface area contributed by atoms with Crippen LogP contribution >= 0.6 is 27.5 Å². The van der Waals surface area contributed by atoms with E-state index in [1.54, 1.807) is 31.2 Å². The summed E-state index contributed by atoms with van der Waals surface area (Å²) in [5.74, 6) is -1.71. The second-order valence-electron chi connectivity index (χ2n) is 10.7. The van der Waals surface area contributed by atoms with Crippen molar-refractivity contribution in [1.29, 1.82) is 0 Å². The van der Waals surface area contributed by atoms with Gasteiger partial charge in [0.2, 0.25) is 11.8 Å². The van der Waals surface area contributed by atoms with E-state index in [0.717, 1.165) is 12.8 Å². The molecule has 1 saturated heterocycles. The van der Waals surface area contributed by atoms with Gasteiger partial charge in [0.15, 0.2) is 6.61 Å². The summed E-state index contributed by atoms with van der Waals surface area (Å²) in [6, 6.07) is 19.9. The number of carbonyl (C=O) groups excluding carboxylic acids is 4. The monoisotopic (exact) mass is 620 g/mol. The predicted molar refractivity (Wildman–Crippen MR) is 154 cm³/mol. The number of fused-ring (bicyclic) bond motifs is 5. The van der Waals surface area contributed by atoms with Crippen LogP contribution in [0.2, 0.25) is 5.02 Å². The number of nitrogens with one attached hydrogen (secondary N) is 1. The second kappa shape index (κ2) is 10.5. The first-order chi connectivity index (χ1) is 19.2. The molecule has 1 heterocycles. The summed E-state index contributed by atoms with van der Waals surface area (Å²) in [4.78, 5) is 53.6. The van der Waals surface area contributed by atoms with Crippen LogP contribution in [-0.4, -0.2) is 30.3 Å². The van der Waals surface area contributed by atoms with E-state index in [9.17, 15) is 19.2 Å². The van der Waals surface area contributed by atoms with Crippen LogP contribution in [0.5, 0.6) is 0 Å². The number of benzene rings is 3. The fourth-order valence-electron chi connectivity index (χ4n) is 6.76. The largest absolute Gasteiger partial charge is 0.452 e. The molecule has 3 aliphatic rings. The molecule has 2 aliphatic carbocycles. The van der Waals surface area contributed by atoms with E-state index in [4.69, 9.17) is 16.3 Å². The van der Waals surface area contributed by atoms with Gasteiger partial charge in [-0.1, -0.05) is 48.0 Å². The zero-order valence-electron chi connectivity index (χ0n) is 21.6. The van der Waals surface area contributed by atoms with Crippen LogP contribution < -0.4 is 10.2 Å². The van der Waals surface area contributed by atoms with E-state index in [1.165, 1.54) is 22.6 Å². The minimum atomic E-state index is -0.730. The van der Waals surface area contributed by atoms with Crippen molar-refractivity contribution in [3.8, 4) is 0 Å². The van der Waals surface area contributed by atoms with Crippen LogP contribution in [-0.2, 0) is 19.1 Å². The normalized spacial score (nSPS) is 24.8. The number of rotatable bonds is 6. The van der Waals surface area contributed by atoms with Gasteiger partial charge >= 0.3 is 5.97 Å². The zero-order valence-corrected chi connectivity index (χ0v) is 23.9. The number of anilines is 2. The predicted octanol–water partition coefficient (Wildman–Crippen LogP) is 6.14. The van der Waals surface area contributed by atoms with E-state index in [-0.39, 0.29) is 47.0 Å². The van der Waals surface area contributed by atoms with Gasteiger partial charge in [-0.25, -0.2) is 4.79 Å². The molecule has 0 unspecified atom stereocenters. The Morgan fingerprint density at radius 3 is 2.52 bits per heavy atom. The van der Waals surface area contributed by atoms with Crippen molar-refractivity contribution < 1.29 is 23.9 Å². The summed E-state index contributed by atoms with van der Waals surface area (Å²) < 4.78 is 5.93. The molecule has 3 aromatic carbocycles. The summed E-state index contributed by atoms with van der Waals surface area (Å²) in [7, 11) is 0. The summed E-state index contributed by atoms with van der Waals surface area (Å²) in [5, 5.41) is 3.16. The van der Waals surface area contributed by atoms with Crippen LogP contribution in [0.3, 0.4) is 0 Å². The van der Waals surface area contributed by atoms with Crippen molar-refractivity contribution in [2.45, 2.75) is 25.7 Å². The number of halogens is 2. The molecule has 1 aliphatic heterocycles. The molecule has 3 aromatic rings. The molecule has 0 radical (unpaired) electrons. The van der Waals surface area contributed by atoms with Crippen molar-refractivity contribution >= 4 is 62.6 Å². The third kappa shape index (κ3) is 4.53. The highest BCUT2D eigenvalue weighted by Crippen LogP contribution is 2.61. The first-order valence-corrected chi connectivity index (χ1v) is 14.4. The lowest BCUT2D eigenvalue weighted by atomic mass is 9.73. The van der Waals surface area contributed by atoms with Gasteiger partial charge in [0.1, 0.15) is 0 Å². The third-order valence-corrected chi connectivity index (χ3v) is 9.91. The smallest absolute Gasteiger partial charge is 0.338 e. The molecule has 9 heteroatoms. The number of hydrogen-bond donors (Lipinski definition) is 1. The molecule has 0 aromatic heterocycles. The summed E-state index contributed by atoms with van der Waals surface area (Å²) in [6.07, 6.45) is 1.80. The van der Waals surface area contributed by atoms with Crippen molar-refractivity contribution in [3.05, 3.63) is 92.9 Å². The Bertz CT molecular complexity index is 1540. The van der Waals surface area contributed by atoms with Gasteiger partial charge < -0.3 is 10.1 Å². The zero-order chi connectivity index (χ0) is 28.1. The molecule has 2 bridgehead atoms. The topological polar surface area (TPSA) is 92.8 Å². The highest BCUT2D eigenvalue weighted by atomic mass is 79.9. The van der Waals surface area contributed by atoms with Crippen molar-refractivity contribution in [3.63, 3.8) is 0 Å². The highest BCUT2D eigenvalue weighted by Gasteiger charge is 2.64. The third-order valence-electron chi connectivity index (χ3n) is 8.53. The van der Waals surface area contributed by atoms with Gasteiger partial charge in [0.05, 0.1) is 28.1 Å². The van der Waals surface area contributed by atoms with E-state index in [1.807, 2.05) is 18.2 Å². The first kappa shape index (κ1) is 26.7.